The van der Waals surface area contributed by atoms with Gasteiger partial charge in [0.1, 0.15) is 11.2 Å². The van der Waals surface area contributed by atoms with Gasteiger partial charge in [-0.3, -0.25) is 4.99 Å². The molecular weight excluding hydrogens is 538 g/mol. The van der Waals surface area contributed by atoms with Gasteiger partial charge in [-0.15, -0.1) is 0 Å². The van der Waals surface area contributed by atoms with E-state index in [-0.39, 0.29) is 17.4 Å². The lowest BCUT2D eigenvalue weighted by Crippen LogP contribution is -2.49. The molecular formula is C28H38BrN3O5. The number of hydrogen-bond donors (Lipinski definition) is 0. The van der Waals surface area contributed by atoms with Gasteiger partial charge in [0, 0.05) is 22.6 Å². The summed E-state index contributed by atoms with van der Waals surface area (Å²) < 4.78 is 17.9. The summed E-state index contributed by atoms with van der Waals surface area (Å²) in [5.41, 5.74) is -0.193. The highest BCUT2D eigenvalue weighted by molar-refractivity contribution is 9.10. The second-order valence-electron chi connectivity index (χ2n) is 12.3. The van der Waals surface area contributed by atoms with E-state index in [1.165, 1.54) is 5.56 Å². The van der Waals surface area contributed by atoms with Crippen molar-refractivity contribution in [2.24, 2.45) is 15.4 Å². The van der Waals surface area contributed by atoms with E-state index in [1.807, 2.05) is 6.07 Å². The average Bonchev–Trinajstić information content (AvgIpc) is 3.22. The Bertz CT molecular complexity index is 1130. The first-order chi connectivity index (χ1) is 17.1. The van der Waals surface area contributed by atoms with Crippen LogP contribution in [0, 0.1) is 5.41 Å². The Kier molecular flexibility index (Phi) is 7.12. The standard InChI is InChI=1S/C28H38BrN3O5/c1-17-22(32(23(33)36-25(2,3)4)24(34)37-26(5,6)7)31-28(30-17)21-15-19(29)10-9-18(21)16-27(28)13-11-20(35-8)12-14-27/h9-10,15,20H,11-14,16H2,1-8H3/t20-,27-,28?. The number of ether oxygens (including phenoxy) is 3. The molecule has 1 fully saturated rings. The van der Waals surface area contributed by atoms with Crippen LogP contribution in [-0.2, 0) is 26.3 Å². The summed E-state index contributed by atoms with van der Waals surface area (Å²) in [4.78, 5) is 38.1. The third-order valence-electron chi connectivity index (χ3n) is 7.22. The topological polar surface area (TPSA) is 89.8 Å². The summed E-state index contributed by atoms with van der Waals surface area (Å²) in [5.74, 6) is 0.171. The predicted molar refractivity (Wildman–Crippen MR) is 146 cm³/mol. The maximum atomic E-state index is 13.4. The molecule has 0 N–H and O–H groups in total. The van der Waals surface area contributed by atoms with E-state index in [1.54, 1.807) is 55.6 Å². The number of carbonyl (C=O) groups excluding carboxylic acids is 2. The number of hydrogen-bond acceptors (Lipinski definition) is 7. The van der Waals surface area contributed by atoms with Gasteiger partial charge in [0.15, 0.2) is 11.5 Å². The second-order valence-corrected chi connectivity index (χ2v) is 13.2. The van der Waals surface area contributed by atoms with Crippen LogP contribution in [0.5, 0.6) is 0 Å². The Morgan fingerprint density at radius 2 is 1.57 bits per heavy atom. The number of fused-ring (bicyclic) bond motifs is 3. The molecule has 0 bridgehead atoms. The second kappa shape index (κ2) is 9.49. The van der Waals surface area contributed by atoms with Gasteiger partial charge < -0.3 is 14.2 Å². The van der Waals surface area contributed by atoms with Crippen LogP contribution in [0.4, 0.5) is 9.59 Å². The first kappa shape index (κ1) is 27.8. The summed E-state index contributed by atoms with van der Waals surface area (Å²) >= 11 is 3.62. The summed E-state index contributed by atoms with van der Waals surface area (Å²) in [6, 6.07) is 6.23. The lowest BCUT2D eigenvalue weighted by molar-refractivity contribution is -0.000899. The fraction of sp³-hybridized carbons (Fsp3) is 0.643. The minimum atomic E-state index is -0.952. The molecule has 8 nitrogen and oxygen atoms in total. The lowest BCUT2D eigenvalue weighted by Gasteiger charge is -2.44. The average molecular weight is 577 g/mol. The van der Waals surface area contributed by atoms with E-state index in [4.69, 9.17) is 24.2 Å². The molecule has 4 rings (SSSR count). The molecule has 1 heterocycles. The van der Waals surface area contributed by atoms with Crippen molar-refractivity contribution in [3.8, 4) is 0 Å². The molecule has 1 aromatic carbocycles. The molecule has 0 saturated heterocycles. The van der Waals surface area contributed by atoms with Crippen molar-refractivity contribution in [2.75, 3.05) is 7.11 Å². The van der Waals surface area contributed by atoms with Crippen molar-refractivity contribution in [3.63, 3.8) is 0 Å². The molecule has 0 radical (unpaired) electrons. The van der Waals surface area contributed by atoms with E-state index in [0.29, 0.717) is 5.71 Å². The van der Waals surface area contributed by atoms with Crippen LogP contribution in [0.2, 0.25) is 0 Å². The van der Waals surface area contributed by atoms with E-state index < -0.39 is 29.1 Å². The van der Waals surface area contributed by atoms with Crippen LogP contribution in [0.3, 0.4) is 0 Å². The highest BCUT2D eigenvalue weighted by atomic mass is 79.9. The molecule has 1 aliphatic heterocycles. The molecule has 2 aliphatic carbocycles. The number of amidine groups is 1. The number of halogens is 1. The fourth-order valence-corrected chi connectivity index (χ4v) is 6.05. The third kappa shape index (κ3) is 5.21. The monoisotopic (exact) mass is 575 g/mol. The van der Waals surface area contributed by atoms with Crippen LogP contribution in [-0.4, -0.2) is 53.0 Å². The molecule has 3 aliphatic rings. The molecule has 1 unspecified atom stereocenters. The summed E-state index contributed by atoms with van der Waals surface area (Å²) in [6.07, 6.45) is 2.87. The molecule has 0 aromatic heterocycles. The highest BCUT2D eigenvalue weighted by Crippen LogP contribution is 2.62. The molecule has 2 spiro atoms. The molecule has 9 heteroatoms. The predicted octanol–water partition coefficient (Wildman–Crippen LogP) is 6.78. The third-order valence-corrected chi connectivity index (χ3v) is 7.72. The summed E-state index contributed by atoms with van der Waals surface area (Å²) in [6.45, 7) is 12.3. The zero-order chi connectivity index (χ0) is 27.4. The maximum absolute atomic E-state index is 13.4. The minimum absolute atomic E-state index is 0.171. The number of rotatable bonds is 1. The minimum Gasteiger partial charge on any atom is -0.443 e. The largest absolute Gasteiger partial charge is 0.443 e. The summed E-state index contributed by atoms with van der Waals surface area (Å²) in [5, 5.41) is 0. The van der Waals surface area contributed by atoms with E-state index in [0.717, 1.165) is 47.0 Å². The zero-order valence-corrected chi connectivity index (χ0v) is 24.7. The zero-order valence-electron chi connectivity index (χ0n) is 23.1. The number of imide groups is 1. The van der Waals surface area contributed by atoms with Gasteiger partial charge in [0.2, 0.25) is 0 Å². The van der Waals surface area contributed by atoms with Gasteiger partial charge in [-0.05, 0) is 98.3 Å². The van der Waals surface area contributed by atoms with Crippen LogP contribution in [0.1, 0.15) is 85.3 Å². The SMILES string of the molecule is CO[C@H]1CC[C@]2(CC1)Cc1ccc(Br)cc1C21N=C(C)C(N(C(=O)OC(C)(C)C)C(=O)OC(C)(C)C)=N1. The number of nitrogens with zero attached hydrogens (tertiary/aromatic N) is 3. The first-order valence-electron chi connectivity index (χ1n) is 12.8. The Hall–Kier alpha value is -2.26. The van der Waals surface area contributed by atoms with Gasteiger partial charge >= 0.3 is 12.2 Å². The number of amides is 2. The van der Waals surface area contributed by atoms with Gasteiger partial charge in [-0.2, -0.15) is 4.90 Å². The van der Waals surface area contributed by atoms with Crippen LogP contribution in [0.25, 0.3) is 0 Å². The van der Waals surface area contributed by atoms with Crippen molar-refractivity contribution in [2.45, 2.75) is 104 Å². The Labute approximate surface area is 228 Å². The smallest absolute Gasteiger partial charge is 0.425 e. The van der Waals surface area contributed by atoms with Crippen molar-refractivity contribution in [3.05, 3.63) is 33.8 Å². The number of carbonyl (C=O) groups is 2. The number of benzene rings is 1. The quantitative estimate of drug-likeness (QED) is 0.368. The molecule has 202 valence electrons. The van der Waals surface area contributed by atoms with Gasteiger partial charge in [0.05, 0.1) is 11.8 Å². The van der Waals surface area contributed by atoms with Crippen molar-refractivity contribution >= 4 is 39.7 Å². The van der Waals surface area contributed by atoms with Crippen LogP contribution < -0.4 is 0 Å². The van der Waals surface area contributed by atoms with Crippen molar-refractivity contribution in [1.29, 1.82) is 0 Å². The van der Waals surface area contributed by atoms with E-state index >= 15 is 0 Å². The fourth-order valence-electron chi connectivity index (χ4n) is 5.69. The number of aliphatic imine (C=N–C) groups is 2. The lowest BCUT2D eigenvalue weighted by atomic mass is 9.65. The van der Waals surface area contributed by atoms with Gasteiger partial charge in [0.25, 0.3) is 0 Å². The van der Waals surface area contributed by atoms with E-state index in [2.05, 4.69) is 28.1 Å². The van der Waals surface area contributed by atoms with Gasteiger partial charge in [-0.25, -0.2) is 14.6 Å². The maximum Gasteiger partial charge on any atom is 0.425 e. The van der Waals surface area contributed by atoms with Crippen LogP contribution >= 0.6 is 15.9 Å². The van der Waals surface area contributed by atoms with Gasteiger partial charge in [-0.1, -0.05) is 22.0 Å². The normalized spacial score (nSPS) is 27.1. The highest BCUT2D eigenvalue weighted by Gasteiger charge is 2.61. The molecule has 1 atom stereocenters. The molecule has 2 amide bonds. The Balaban J connectivity index is 1.86. The number of methoxy groups -OCH3 is 1. The van der Waals surface area contributed by atoms with Crippen LogP contribution in [0.15, 0.2) is 32.7 Å². The van der Waals surface area contributed by atoms with Crippen molar-refractivity contribution < 1.29 is 23.8 Å². The molecule has 37 heavy (non-hydrogen) atoms. The Morgan fingerprint density at radius 3 is 2.08 bits per heavy atom. The summed E-state index contributed by atoms with van der Waals surface area (Å²) in [7, 11) is 1.76. The molecule has 1 saturated carbocycles. The van der Waals surface area contributed by atoms with Crippen molar-refractivity contribution in [1.82, 2.24) is 4.90 Å². The first-order valence-corrected chi connectivity index (χ1v) is 13.6. The Morgan fingerprint density at radius 1 is 1.00 bits per heavy atom. The van der Waals surface area contributed by atoms with E-state index in [9.17, 15) is 9.59 Å². The molecule has 1 aromatic rings.